The summed E-state index contributed by atoms with van der Waals surface area (Å²) in [4.78, 5) is 4.21. The first-order valence-corrected chi connectivity index (χ1v) is 8.75. The molecule has 0 unspecified atom stereocenters. The van der Waals surface area contributed by atoms with Crippen LogP contribution in [0.1, 0.15) is 44.2 Å². The zero-order valence-electron chi connectivity index (χ0n) is 11.7. The molecule has 0 spiro atoms. The van der Waals surface area contributed by atoms with Gasteiger partial charge >= 0.3 is 0 Å². The van der Waals surface area contributed by atoms with Crippen molar-refractivity contribution in [3.05, 3.63) is 24.0 Å². The second kappa shape index (κ2) is 7.15. The van der Waals surface area contributed by atoms with Crippen LogP contribution in [-0.2, 0) is 16.6 Å². The number of rotatable bonds is 7. The number of nitrogens with two attached hydrogens (primary N) is 1. The van der Waals surface area contributed by atoms with Gasteiger partial charge in [-0.2, -0.15) is 0 Å². The van der Waals surface area contributed by atoms with Gasteiger partial charge in [0, 0.05) is 19.3 Å². The van der Waals surface area contributed by atoms with Gasteiger partial charge in [0.25, 0.3) is 0 Å². The highest BCUT2D eigenvalue weighted by Gasteiger charge is 2.16. The third kappa shape index (κ3) is 4.26. The second-order valence-corrected chi connectivity index (χ2v) is 7.15. The van der Waals surface area contributed by atoms with Crippen molar-refractivity contribution in [2.45, 2.75) is 50.0 Å². The summed E-state index contributed by atoms with van der Waals surface area (Å²) in [7, 11) is -3.43. The van der Waals surface area contributed by atoms with E-state index >= 15 is 0 Å². The van der Waals surface area contributed by atoms with Crippen molar-refractivity contribution in [1.82, 2.24) is 9.71 Å². The average molecular weight is 297 g/mol. The zero-order chi connectivity index (χ0) is 14.4. The van der Waals surface area contributed by atoms with Gasteiger partial charge in [0.2, 0.25) is 10.0 Å². The summed E-state index contributed by atoms with van der Waals surface area (Å²) in [6.45, 7) is 0.812. The lowest BCUT2D eigenvalue weighted by Crippen LogP contribution is -2.25. The molecule has 0 atom stereocenters. The maximum atomic E-state index is 12.0. The lowest BCUT2D eigenvalue weighted by Gasteiger charge is -2.10. The van der Waals surface area contributed by atoms with E-state index in [1.165, 1.54) is 31.9 Å². The molecular formula is C14H23N3O2S. The van der Waals surface area contributed by atoms with Gasteiger partial charge in [-0.05, 0) is 30.9 Å². The fourth-order valence-corrected chi connectivity index (χ4v) is 3.69. The SMILES string of the molecule is NCc1ccc(S(=O)(=O)NCCCC2CCCC2)cn1. The molecule has 1 aromatic rings. The van der Waals surface area contributed by atoms with Gasteiger partial charge in [-0.1, -0.05) is 25.7 Å². The molecule has 0 amide bonds. The van der Waals surface area contributed by atoms with E-state index in [-0.39, 0.29) is 4.90 Å². The van der Waals surface area contributed by atoms with Gasteiger partial charge < -0.3 is 5.73 Å². The average Bonchev–Trinajstić information content (AvgIpc) is 2.97. The van der Waals surface area contributed by atoms with Crippen LogP contribution in [0.25, 0.3) is 0 Å². The Balaban J connectivity index is 1.80. The van der Waals surface area contributed by atoms with E-state index in [0.29, 0.717) is 18.8 Å². The lowest BCUT2D eigenvalue weighted by atomic mass is 10.0. The first-order valence-electron chi connectivity index (χ1n) is 7.26. The number of nitrogens with zero attached hydrogens (tertiary/aromatic N) is 1. The molecule has 0 radical (unpaired) electrons. The topological polar surface area (TPSA) is 85.1 Å². The van der Waals surface area contributed by atoms with Crippen LogP contribution < -0.4 is 10.5 Å². The summed E-state index contributed by atoms with van der Waals surface area (Å²) in [5, 5.41) is 0. The van der Waals surface area contributed by atoms with Crippen molar-refractivity contribution in [2.24, 2.45) is 11.7 Å². The molecule has 0 bridgehead atoms. The molecule has 1 saturated carbocycles. The number of sulfonamides is 1. The Kier molecular flexibility index (Phi) is 5.51. The van der Waals surface area contributed by atoms with E-state index < -0.39 is 10.0 Å². The van der Waals surface area contributed by atoms with Crippen LogP contribution in [0, 0.1) is 5.92 Å². The van der Waals surface area contributed by atoms with Crippen molar-refractivity contribution in [3.63, 3.8) is 0 Å². The normalized spacial score (nSPS) is 16.6. The molecule has 1 aliphatic carbocycles. The van der Waals surface area contributed by atoms with Crippen LogP contribution in [0.4, 0.5) is 0 Å². The van der Waals surface area contributed by atoms with E-state index in [1.807, 2.05) is 0 Å². The number of aromatic nitrogens is 1. The molecular weight excluding hydrogens is 274 g/mol. The minimum atomic E-state index is -3.43. The summed E-state index contributed by atoms with van der Waals surface area (Å²) < 4.78 is 26.7. The number of pyridine rings is 1. The maximum absolute atomic E-state index is 12.0. The minimum absolute atomic E-state index is 0.204. The van der Waals surface area contributed by atoms with Crippen LogP contribution >= 0.6 is 0 Å². The molecule has 0 saturated heterocycles. The summed E-state index contributed by atoms with van der Waals surface area (Å²) in [6.07, 6.45) is 8.64. The summed E-state index contributed by atoms with van der Waals surface area (Å²) in [5.41, 5.74) is 6.12. The predicted molar refractivity (Wildman–Crippen MR) is 78.5 cm³/mol. The lowest BCUT2D eigenvalue weighted by molar-refractivity contribution is 0.480. The van der Waals surface area contributed by atoms with Crippen LogP contribution in [0.5, 0.6) is 0 Å². The molecule has 6 heteroatoms. The Morgan fingerprint density at radius 3 is 2.65 bits per heavy atom. The van der Waals surface area contributed by atoms with E-state index in [1.54, 1.807) is 12.1 Å². The molecule has 1 aliphatic rings. The quantitative estimate of drug-likeness (QED) is 0.751. The van der Waals surface area contributed by atoms with Crippen molar-refractivity contribution >= 4 is 10.0 Å². The Labute approximate surface area is 121 Å². The number of hydrogen-bond acceptors (Lipinski definition) is 4. The first-order chi connectivity index (χ1) is 9.62. The molecule has 1 fully saturated rings. The van der Waals surface area contributed by atoms with Crippen molar-refractivity contribution in [1.29, 1.82) is 0 Å². The Morgan fingerprint density at radius 1 is 1.30 bits per heavy atom. The summed E-state index contributed by atoms with van der Waals surface area (Å²) in [6, 6.07) is 3.20. The van der Waals surface area contributed by atoms with E-state index in [0.717, 1.165) is 18.8 Å². The van der Waals surface area contributed by atoms with Crippen LogP contribution in [0.3, 0.4) is 0 Å². The molecule has 3 N–H and O–H groups in total. The highest BCUT2D eigenvalue weighted by atomic mass is 32.2. The fourth-order valence-electron chi connectivity index (χ4n) is 2.67. The van der Waals surface area contributed by atoms with Crippen LogP contribution in [-0.4, -0.2) is 19.9 Å². The van der Waals surface area contributed by atoms with Gasteiger partial charge in [0.05, 0.1) is 5.69 Å². The molecule has 1 heterocycles. The molecule has 5 nitrogen and oxygen atoms in total. The van der Waals surface area contributed by atoms with E-state index in [9.17, 15) is 8.42 Å². The number of nitrogens with one attached hydrogen (secondary N) is 1. The third-order valence-corrected chi connectivity index (χ3v) is 5.32. The highest BCUT2D eigenvalue weighted by Crippen LogP contribution is 2.28. The van der Waals surface area contributed by atoms with Crippen molar-refractivity contribution in [3.8, 4) is 0 Å². The molecule has 20 heavy (non-hydrogen) atoms. The Bertz CT molecular complexity index is 508. The zero-order valence-corrected chi connectivity index (χ0v) is 12.5. The first kappa shape index (κ1) is 15.4. The monoisotopic (exact) mass is 297 g/mol. The van der Waals surface area contributed by atoms with Crippen molar-refractivity contribution in [2.75, 3.05) is 6.54 Å². The van der Waals surface area contributed by atoms with E-state index in [4.69, 9.17) is 5.73 Å². The molecule has 0 aromatic carbocycles. The summed E-state index contributed by atoms with van der Waals surface area (Å²) >= 11 is 0. The van der Waals surface area contributed by atoms with Gasteiger partial charge in [-0.25, -0.2) is 13.1 Å². The molecule has 112 valence electrons. The predicted octanol–water partition coefficient (Wildman–Crippen LogP) is 1.79. The van der Waals surface area contributed by atoms with Crippen LogP contribution in [0.15, 0.2) is 23.2 Å². The minimum Gasteiger partial charge on any atom is -0.325 e. The fraction of sp³-hybridized carbons (Fsp3) is 0.643. The largest absolute Gasteiger partial charge is 0.325 e. The van der Waals surface area contributed by atoms with Gasteiger partial charge in [0.1, 0.15) is 4.90 Å². The smallest absolute Gasteiger partial charge is 0.242 e. The maximum Gasteiger partial charge on any atom is 0.242 e. The van der Waals surface area contributed by atoms with E-state index in [2.05, 4.69) is 9.71 Å². The van der Waals surface area contributed by atoms with Gasteiger partial charge in [0.15, 0.2) is 0 Å². The van der Waals surface area contributed by atoms with Gasteiger partial charge in [-0.15, -0.1) is 0 Å². The Morgan fingerprint density at radius 2 is 2.05 bits per heavy atom. The van der Waals surface area contributed by atoms with Gasteiger partial charge in [-0.3, -0.25) is 4.98 Å². The molecule has 2 rings (SSSR count). The molecule has 1 aromatic heterocycles. The second-order valence-electron chi connectivity index (χ2n) is 5.38. The third-order valence-electron chi connectivity index (χ3n) is 3.87. The number of hydrogen-bond donors (Lipinski definition) is 2. The van der Waals surface area contributed by atoms with Crippen LogP contribution in [0.2, 0.25) is 0 Å². The van der Waals surface area contributed by atoms with Crippen molar-refractivity contribution < 1.29 is 8.42 Å². The summed E-state index contributed by atoms with van der Waals surface area (Å²) in [5.74, 6) is 0.796. The highest BCUT2D eigenvalue weighted by molar-refractivity contribution is 7.89. The standard InChI is InChI=1S/C14H23N3O2S/c15-10-13-7-8-14(11-16-13)20(18,19)17-9-3-6-12-4-1-2-5-12/h7-8,11-12,17H,1-6,9-10,15H2. The molecule has 0 aliphatic heterocycles. The Hall–Kier alpha value is -0.980.